The third kappa shape index (κ3) is 6.73. The number of hydrogen-bond acceptors (Lipinski definition) is 6. The number of carbonyl (C=O) groups excluding carboxylic acids is 3. The van der Waals surface area contributed by atoms with E-state index >= 15 is 0 Å². The van der Waals surface area contributed by atoms with Crippen molar-refractivity contribution >= 4 is 28.7 Å². The smallest absolute Gasteiger partial charge is 0.387 e. The molecule has 0 saturated heterocycles. The number of para-hydroxylation sites is 1. The predicted molar refractivity (Wildman–Crippen MR) is 114 cm³/mol. The van der Waals surface area contributed by atoms with E-state index in [4.69, 9.17) is 4.74 Å². The summed E-state index contributed by atoms with van der Waals surface area (Å²) in [6.45, 7) is -3.15. The molecule has 9 nitrogen and oxygen atoms in total. The van der Waals surface area contributed by atoms with Crippen LogP contribution in [0.15, 0.2) is 48.5 Å². The number of nitrogens with one attached hydrogen (secondary N) is 2. The molecule has 0 unspecified atom stereocenters. The minimum atomic E-state index is -2.91. The number of rotatable bonds is 10. The number of esters is 1. The first-order valence-corrected chi connectivity index (χ1v) is 9.98. The van der Waals surface area contributed by atoms with E-state index in [1.54, 1.807) is 30.3 Å². The second-order valence-electron chi connectivity index (χ2n) is 7.06. The van der Waals surface area contributed by atoms with Gasteiger partial charge in [0.05, 0.1) is 11.9 Å². The van der Waals surface area contributed by atoms with Crippen molar-refractivity contribution in [1.29, 1.82) is 0 Å². The van der Waals surface area contributed by atoms with E-state index in [1.165, 1.54) is 24.1 Å². The summed E-state index contributed by atoms with van der Waals surface area (Å²) in [6.07, 6.45) is -0.114. The zero-order valence-electron chi connectivity index (χ0n) is 17.7. The molecule has 0 saturated carbocycles. The van der Waals surface area contributed by atoms with E-state index in [9.17, 15) is 23.2 Å². The van der Waals surface area contributed by atoms with Gasteiger partial charge in [-0.25, -0.2) is 0 Å². The quantitative estimate of drug-likeness (QED) is 0.450. The van der Waals surface area contributed by atoms with Crippen LogP contribution in [0.5, 0.6) is 5.75 Å². The maximum atomic E-state index is 12.3. The number of hydrogen-bond donors (Lipinski definition) is 2. The predicted octanol–water partition coefficient (Wildman–Crippen LogP) is 2.49. The largest absolute Gasteiger partial charge is 0.456 e. The molecule has 0 atom stereocenters. The number of fused-ring (bicyclic) bond motifs is 1. The maximum Gasteiger partial charge on any atom is 0.387 e. The minimum absolute atomic E-state index is 0.0178. The van der Waals surface area contributed by atoms with E-state index in [0.717, 1.165) is 5.52 Å². The summed E-state index contributed by atoms with van der Waals surface area (Å²) in [7, 11) is 1.52. The zero-order valence-corrected chi connectivity index (χ0v) is 17.7. The molecular weight excluding hydrogens is 438 g/mol. The Hall–Kier alpha value is -4.02. The number of nitrogens with zero attached hydrogens (tertiary/aromatic N) is 2. The molecule has 1 heterocycles. The number of aromatic nitrogens is 2. The Morgan fingerprint density at radius 1 is 1.12 bits per heavy atom. The van der Waals surface area contributed by atoms with Gasteiger partial charge >= 0.3 is 12.6 Å². The van der Waals surface area contributed by atoms with E-state index in [-0.39, 0.29) is 31.0 Å². The van der Waals surface area contributed by atoms with Gasteiger partial charge in [0.1, 0.15) is 5.75 Å². The van der Waals surface area contributed by atoms with Crippen LogP contribution in [-0.2, 0) is 20.9 Å². The van der Waals surface area contributed by atoms with E-state index in [2.05, 4.69) is 20.3 Å². The highest BCUT2D eigenvalue weighted by molar-refractivity contribution is 6.04. The number of benzene rings is 2. The van der Waals surface area contributed by atoms with Crippen LogP contribution >= 0.6 is 0 Å². The van der Waals surface area contributed by atoms with Crippen molar-refractivity contribution in [2.24, 2.45) is 0 Å². The zero-order chi connectivity index (χ0) is 23.8. The Morgan fingerprint density at radius 2 is 1.85 bits per heavy atom. The topological polar surface area (TPSA) is 114 Å². The number of alkyl halides is 2. The minimum Gasteiger partial charge on any atom is -0.456 e. The first-order valence-electron chi connectivity index (χ1n) is 9.98. The summed E-state index contributed by atoms with van der Waals surface area (Å²) in [4.78, 5) is 37.6. The lowest BCUT2D eigenvalue weighted by Crippen LogP contribution is -2.32. The Morgan fingerprint density at radius 3 is 2.58 bits per heavy atom. The van der Waals surface area contributed by atoms with Gasteiger partial charge in [0.15, 0.2) is 12.3 Å². The molecule has 3 aromatic rings. The first-order chi connectivity index (χ1) is 15.8. The number of aromatic amines is 1. The normalized spacial score (nSPS) is 10.8. The van der Waals surface area contributed by atoms with Crippen molar-refractivity contribution in [3.05, 3.63) is 59.8 Å². The standard InChI is InChI=1S/C22H22F2N4O5/c1-28(12-14-6-8-15(9-7-14)33-22(23)24)18(29)13-32-19(30)10-11-25-21(31)20-16-4-2-3-5-17(16)26-27-20/h2-9,22H,10-13H2,1H3,(H,25,31)(H,26,27). The molecule has 3 rings (SSSR count). The Bertz CT molecular complexity index is 1120. The highest BCUT2D eigenvalue weighted by Gasteiger charge is 2.16. The summed E-state index contributed by atoms with van der Waals surface area (Å²) in [6, 6.07) is 13.0. The molecule has 1 aromatic heterocycles. The number of ether oxygens (including phenoxy) is 2. The van der Waals surface area contributed by atoms with Gasteiger partial charge in [-0.2, -0.15) is 13.9 Å². The van der Waals surface area contributed by atoms with E-state index in [1.807, 2.05) is 6.07 Å². The van der Waals surface area contributed by atoms with Crippen LogP contribution in [0.2, 0.25) is 0 Å². The van der Waals surface area contributed by atoms with Crippen molar-refractivity contribution in [2.75, 3.05) is 20.2 Å². The number of halogens is 2. The molecule has 0 aliphatic rings. The lowest BCUT2D eigenvalue weighted by atomic mass is 10.2. The number of carbonyl (C=O) groups is 3. The fourth-order valence-corrected chi connectivity index (χ4v) is 2.96. The highest BCUT2D eigenvalue weighted by atomic mass is 19.3. The number of likely N-dealkylation sites (N-methyl/N-ethyl adjacent to an activating group) is 1. The van der Waals surface area contributed by atoms with Crippen molar-refractivity contribution in [3.8, 4) is 5.75 Å². The Labute approximate surface area is 187 Å². The number of H-pyrrole nitrogens is 1. The van der Waals surface area contributed by atoms with Gasteiger partial charge in [0, 0.05) is 25.5 Å². The van der Waals surface area contributed by atoms with Crippen LogP contribution in [0, 0.1) is 0 Å². The lowest BCUT2D eigenvalue weighted by Gasteiger charge is -2.17. The molecule has 0 radical (unpaired) electrons. The molecule has 0 aliphatic carbocycles. The van der Waals surface area contributed by atoms with E-state index < -0.39 is 31.0 Å². The van der Waals surface area contributed by atoms with Crippen molar-refractivity contribution in [1.82, 2.24) is 20.4 Å². The van der Waals surface area contributed by atoms with Crippen LogP contribution in [0.3, 0.4) is 0 Å². The summed E-state index contributed by atoms with van der Waals surface area (Å²) in [5.41, 5.74) is 1.64. The maximum absolute atomic E-state index is 12.3. The Balaban J connectivity index is 1.37. The average molecular weight is 460 g/mol. The van der Waals surface area contributed by atoms with Crippen LogP contribution in [0.4, 0.5) is 8.78 Å². The molecule has 2 N–H and O–H groups in total. The monoisotopic (exact) mass is 460 g/mol. The van der Waals surface area contributed by atoms with Crippen LogP contribution in [0.25, 0.3) is 10.9 Å². The molecule has 0 fully saturated rings. The molecule has 0 bridgehead atoms. The fourth-order valence-electron chi connectivity index (χ4n) is 2.96. The molecule has 0 aliphatic heterocycles. The van der Waals surface area contributed by atoms with Gasteiger partial charge in [0.2, 0.25) is 0 Å². The SMILES string of the molecule is CN(Cc1ccc(OC(F)F)cc1)C(=O)COC(=O)CCNC(=O)c1n[nH]c2ccccc12. The van der Waals surface area contributed by atoms with Gasteiger partial charge in [-0.05, 0) is 23.8 Å². The van der Waals surface area contributed by atoms with Crippen molar-refractivity contribution in [2.45, 2.75) is 19.6 Å². The van der Waals surface area contributed by atoms with Crippen LogP contribution in [0.1, 0.15) is 22.5 Å². The lowest BCUT2D eigenvalue weighted by molar-refractivity contribution is -0.151. The third-order valence-corrected chi connectivity index (χ3v) is 4.65. The fraction of sp³-hybridized carbons (Fsp3) is 0.273. The summed E-state index contributed by atoms with van der Waals surface area (Å²) < 4.78 is 33.6. The van der Waals surface area contributed by atoms with Gasteiger partial charge in [-0.15, -0.1) is 0 Å². The molecule has 2 aromatic carbocycles. The second-order valence-corrected chi connectivity index (χ2v) is 7.06. The molecule has 33 heavy (non-hydrogen) atoms. The van der Waals surface area contributed by atoms with Gasteiger partial charge in [-0.3, -0.25) is 19.5 Å². The van der Waals surface area contributed by atoms with Gasteiger partial charge in [0.25, 0.3) is 11.8 Å². The third-order valence-electron chi connectivity index (χ3n) is 4.65. The van der Waals surface area contributed by atoms with E-state index in [0.29, 0.717) is 10.9 Å². The molecular formula is C22H22F2N4O5. The average Bonchev–Trinajstić information content (AvgIpc) is 3.22. The summed E-state index contributed by atoms with van der Waals surface area (Å²) in [5.74, 6) is -1.49. The summed E-state index contributed by atoms with van der Waals surface area (Å²) >= 11 is 0. The molecule has 174 valence electrons. The van der Waals surface area contributed by atoms with Crippen molar-refractivity contribution in [3.63, 3.8) is 0 Å². The highest BCUT2D eigenvalue weighted by Crippen LogP contribution is 2.16. The molecule has 11 heteroatoms. The Kier molecular flexibility index (Phi) is 7.90. The molecule has 0 spiro atoms. The summed E-state index contributed by atoms with van der Waals surface area (Å²) in [5, 5.41) is 10.00. The second kappa shape index (κ2) is 11.0. The van der Waals surface area contributed by atoms with Gasteiger partial charge in [-0.1, -0.05) is 30.3 Å². The van der Waals surface area contributed by atoms with Crippen LogP contribution < -0.4 is 10.1 Å². The van der Waals surface area contributed by atoms with Gasteiger partial charge < -0.3 is 19.7 Å². The van der Waals surface area contributed by atoms with Crippen molar-refractivity contribution < 1.29 is 32.6 Å². The number of amides is 2. The van der Waals surface area contributed by atoms with Crippen LogP contribution in [-0.4, -0.2) is 59.7 Å². The molecule has 2 amide bonds. The first kappa shape index (κ1) is 23.6.